The summed E-state index contributed by atoms with van der Waals surface area (Å²) in [6.07, 6.45) is 4.18. The zero-order valence-corrected chi connectivity index (χ0v) is 22.9. The Balaban J connectivity index is 1.38. The van der Waals surface area contributed by atoms with E-state index in [2.05, 4.69) is 25.9 Å². The van der Waals surface area contributed by atoms with E-state index in [0.29, 0.717) is 46.4 Å². The third kappa shape index (κ3) is 6.76. The third-order valence-electron chi connectivity index (χ3n) is 5.54. The molecule has 4 heterocycles. The van der Waals surface area contributed by atoms with Crippen LogP contribution in [0.5, 0.6) is 0 Å². The Kier molecular flexibility index (Phi) is 8.53. The van der Waals surface area contributed by atoms with Crippen LogP contribution in [0.2, 0.25) is 0 Å². The number of hydrogen-bond donors (Lipinski definition) is 6. The molecule has 8 N–H and O–H groups in total. The van der Waals surface area contributed by atoms with Crippen LogP contribution in [0.4, 0.5) is 11.4 Å². The van der Waals surface area contributed by atoms with Gasteiger partial charge in [-0.15, -0.1) is 22.7 Å². The lowest BCUT2D eigenvalue weighted by atomic mass is 10.3. The highest BCUT2D eigenvalue weighted by atomic mass is 32.1. The first-order valence-corrected chi connectivity index (χ1v) is 13.6. The molecule has 4 aromatic heterocycles. The van der Waals surface area contributed by atoms with Gasteiger partial charge in [0.05, 0.1) is 22.2 Å². The Labute approximate surface area is 231 Å². The molecular formula is C24H28N10O3S2. The molecule has 39 heavy (non-hydrogen) atoms. The van der Waals surface area contributed by atoms with Crippen LogP contribution in [0.25, 0.3) is 10.7 Å². The zero-order chi connectivity index (χ0) is 28.1. The molecule has 0 saturated heterocycles. The zero-order valence-electron chi connectivity index (χ0n) is 21.3. The highest BCUT2D eigenvalue weighted by Crippen LogP contribution is 2.26. The largest absolute Gasteiger partial charge is 0.388 e. The lowest BCUT2D eigenvalue weighted by Crippen LogP contribution is -2.28. The van der Waals surface area contributed by atoms with Crippen molar-refractivity contribution in [3.05, 3.63) is 57.4 Å². The van der Waals surface area contributed by atoms with Crippen molar-refractivity contribution < 1.29 is 14.4 Å². The van der Waals surface area contributed by atoms with Crippen LogP contribution in [0.15, 0.2) is 35.3 Å². The second-order valence-corrected chi connectivity index (χ2v) is 10.4. The standard InChI is InChI=1S/C24H28N10O3S2/c1-33-10-14(7-17(33)22(36)28-6-4-19(26)27)30-23(37)18-8-13(9-34(18)2)29-21(35)15-11-39-24(32-15)16-12-38-20(31-16)3-5-25/h7-12H,3-6,25H2,1-2H3,(H3,26,27)(H,28,36)(H,29,35)(H,30,37). The van der Waals surface area contributed by atoms with Crippen molar-refractivity contribution >= 4 is 57.6 Å². The highest BCUT2D eigenvalue weighted by Gasteiger charge is 2.19. The van der Waals surface area contributed by atoms with E-state index in [4.69, 9.17) is 16.9 Å². The molecule has 13 nitrogen and oxygen atoms in total. The van der Waals surface area contributed by atoms with Crippen LogP contribution in [0, 0.1) is 5.41 Å². The molecule has 4 aromatic rings. The number of anilines is 2. The van der Waals surface area contributed by atoms with E-state index in [9.17, 15) is 14.4 Å². The lowest BCUT2D eigenvalue weighted by Gasteiger charge is -2.04. The van der Waals surface area contributed by atoms with Crippen molar-refractivity contribution in [2.24, 2.45) is 25.6 Å². The van der Waals surface area contributed by atoms with Crippen molar-refractivity contribution in [2.45, 2.75) is 12.8 Å². The van der Waals surface area contributed by atoms with Crippen molar-refractivity contribution in [1.82, 2.24) is 24.4 Å². The Bertz CT molecular complexity index is 1530. The summed E-state index contributed by atoms with van der Waals surface area (Å²) in [5, 5.41) is 20.6. The molecule has 15 heteroatoms. The number of nitrogens with one attached hydrogen (secondary N) is 4. The second-order valence-electron chi connectivity index (χ2n) is 8.59. The van der Waals surface area contributed by atoms with Gasteiger partial charge in [0.1, 0.15) is 27.8 Å². The van der Waals surface area contributed by atoms with E-state index in [-0.39, 0.29) is 30.4 Å². The molecule has 204 valence electrons. The van der Waals surface area contributed by atoms with Crippen molar-refractivity contribution in [2.75, 3.05) is 23.7 Å². The number of carbonyl (C=O) groups is 3. The average Bonchev–Trinajstić information content (AvgIpc) is 3.66. The fourth-order valence-electron chi connectivity index (χ4n) is 3.65. The lowest BCUT2D eigenvalue weighted by molar-refractivity contribution is 0.0945. The van der Waals surface area contributed by atoms with E-state index in [1.807, 2.05) is 5.38 Å². The molecule has 0 atom stereocenters. The van der Waals surface area contributed by atoms with Crippen LogP contribution < -0.4 is 27.4 Å². The number of nitrogens with two attached hydrogens (primary N) is 2. The van der Waals surface area contributed by atoms with Gasteiger partial charge in [-0.3, -0.25) is 19.8 Å². The monoisotopic (exact) mass is 568 g/mol. The minimum absolute atomic E-state index is 0.0163. The molecule has 0 radical (unpaired) electrons. The SMILES string of the molecule is Cn1cc(NC(=O)c2cc(NC(=O)c3csc(-c4csc(CCN)n4)n3)cn2C)cc1C(=O)NCCC(=N)N. The summed E-state index contributed by atoms with van der Waals surface area (Å²) < 4.78 is 3.17. The molecule has 0 aromatic carbocycles. The van der Waals surface area contributed by atoms with Crippen LogP contribution in [-0.2, 0) is 20.5 Å². The molecular weight excluding hydrogens is 540 g/mol. The molecule has 3 amide bonds. The summed E-state index contributed by atoms with van der Waals surface area (Å²) >= 11 is 2.83. The summed E-state index contributed by atoms with van der Waals surface area (Å²) in [6.45, 7) is 0.754. The number of amidine groups is 1. The second kappa shape index (κ2) is 12.0. The van der Waals surface area contributed by atoms with Crippen molar-refractivity contribution in [3.63, 3.8) is 0 Å². The third-order valence-corrected chi connectivity index (χ3v) is 7.31. The van der Waals surface area contributed by atoms with Gasteiger partial charge in [-0.1, -0.05) is 0 Å². The molecule has 0 bridgehead atoms. The molecule has 0 fully saturated rings. The van der Waals surface area contributed by atoms with Gasteiger partial charge in [0, 0.05) is 56.6 Å². The van der Waals surface area contributed by atoms with Crippen molar-refractivity contribution in [3.8, 4) is 10.7 Å². The highest BCUT2D eigenvalue weighted by molar-refractivity contribution is 7.14. The summed E-state index contributed by atoms with van der Waals surface area (Å²) in [5.41, 5.74) is 13.4. The number of aromatic nitrogens is 4. The van der Waals surface area contributed by atoms with E-state index in [1.54, 1.807) is 53.1 Å². The fraction of sp³-hybridized carbons (Fsp3) is 0.250. The fourth-order valence-corrected chi connectivity index (χ4v) is 5.28. The van der Waals surface area contributed by atoms with Crippen LogP contribution in [-0.4, -0.2) is 55.7 Å². The van der Waals surface area contributed by atoms with E-state index in [1.165, 1.54) is 22.7 Å². The Morgan fingerprint density at radius 3 is 2.23 bits per heavy atom. The Morgan fingerprint density at radius 1 is 0.949 bits per heavy atom. The van der Waals surface area contributed by atoms with Gasteiger partial charge >= 0.3 is 0 Å². The van der Waals surface area contributed by atoms with Crippen LogP contribution in [0.3, 0.4) is 0 Å². The summed E-state index contributed by atoms with van der Waals surface area (Å²) in [7, 11) is 3.37. The van der Waals surface area contributed by atoms with Gasteiger partial charge in [0.25, 0.3) is 17.7 Å². The van der Waals surface area contributed by atoms with Gasteiger partial charge in [-0.25, -0.2) is 9.97 Å². The molecule has 4 rings (SSSR count). The molecule has 0 aliphatic rings. The predicted octanol–water partition coefficient (Wildman–Crippen LogP) is 2.01. The number of rotatable bonds is 11. The number of nitrogens with zero attached hydrogens (tertiary/aromatic N) is 4. The molecule has 0 aliphatic carbocycles. The smallest absolute Gasteiger partial charge is 0.275 e. The average molecular weight is 569 g/mol. The topological polar surface area (TPSA) is 199 Å². The number of hydrogen-bond acceptors (Lipinski definition) is 9. The van der Waals surface area contributed by atoms with Gasteiger partial charge in [0.2, 0.25) is 0 Å². The first-order chi connectivity index (χ1) is 18.6. The number of aryl methyl sites for hydroxylation is 2. The quantitative estimate of drug-likeness (QED) is 0.117. The van der Waals surface area contributed by atoms with Crippen LogP contribution >= 0.6 is 22.7 Å². The minimum Gasteiger partial charge on any atom is -0.388 e. The van der Waals surface area contributed by atoms with E-state index >= 15 is 0 Å². The maximum atomic E-state index is 12.9. The van der Waals surface area contributed by atoms with E-state index in [0.717, 1.165) is 5.01 Å². The molecule has 0 aliphatic heterocycles. The summed E-state index contributed by atoms with van der Waals surface area (Å²) in [5.74, 6) is -1.19. The predicted molar refractivity (Wildman–Crippen MR) is 152 cm³/mol. The maximum absolute atomic E-state index is 12.9. The first-order valence-electron chi connectivity index (χ1n) is 11.8. The Hall–Kier alpha value is -4.34. The molecule has 0 spiro atoms. The van der Waals surface area contributed by atoms with Gasteiger partial charge < -0.3 is 36.6 Å². The Morgan fingerprint density at radius 2 is 1.59 bits per heavy atom. The minimum atomic E-state index is -0.417. The molecule has 0 unspecified atom stereocenters. The van der Waals surface area contributed by atoms with Crippen molar-refractivity contribution in [1.29, 1.82) is 5.41 Å². The molecule has 0 saturated carbocycles. The summed E-state index contributed by atoms with van der Waals surface area (Å²) in [4.78, 5) is 47.0. The van der Waals surface area contributed by atoms with E-state index < -0.39 is 11.8 Å². The number of carbonyl (C=O) groups excluding carboxylic acids is 3. The summed E-state index contributed by atoms with van der Waals surface area (Å²) in [6, 6.07) is 3.10. The normalized spacial score (nSPS) is 10.8. The van der Waals surface area contributed by atoms with Gasteiger partial charge in [0.15, 0.2) is 0 Å². The maximum Gasteiger partial charge on any atom is 0.275 e. The number of amides is 3. The first kappa shape index (κ1) is 27.7. The van der Waals surface area contributed by atoms with Gasteiger partial charge in [-0.2, -0.15) is 0 Å². The van der Waals surface area contributed by atoms with Gasteiger partial charge in [-0.05, 0) is 18.7 Å². The number of thiazole rings is 2. The van der Waals surface area contributed by atoms with Crippen LogP contribution in [0.1, 0.15) is 42.9 Å².